The van der Waals surface area contributed by atoms with Crippen LogP contribution >= 0.6 is 0 Å². The molecule has 0 fully saturated rings. The molecule has 3 heteroatoms. The van der Waals surface area contributed by atoms with Crippen LogP contribution in [0.25, 0.3) is 0 Å². The summed E-state index contributed by atoms with van der Waals surface area (Å²) in [6, 6.07) is 16.5. The van der Waals surface area contributed by atoms with Crippen LogP contribution in [0.15, 0.2) is 48.5 Å². The van der Waals surface area contributed by atoms with Gasteiger partial charge >= 0.3 is 0 Å². The lowest BCUT2D eigenvalue weighted by Crippen LogP contribution is -2.10. The Morgan fingerprint density at radius 2 is 1.71 bits per heavy atom. The fourth-order valence-corrected chi connectivity index (χ4v) is 2.05. The molecule has 1 N–H and O–H groups in total. The number of benzene rings is 2. The van der Waals surface area contributed by atoms with E-state index in [1.807, 2.05) is 43.3 Å². The monoisotopic (exact) mass is 285 g/mol. The number of ether oxygens (including phenoxy) is 2. The Kier molecular flexibility index (Phi) is 5.50. The number of hydrogen-bond donors (Lipinski definition) is 1. The molecule has 2 rings (SSSR count). The van der Waals surface area contributed by atoms with Gasteiger partial charge in [0.25, 0.3) is 0 Å². The van der Waals surface area contributed by atoms with Gasteiger partial charge in [0, 0.05) is 17.8 Å². The van der Waals surface area contributed by atoms with Gasteiger partial charge in [0.05, 0.1) is 6.61 Å². The van der Waals surface area contributed by atoms with Crippen LogP contribution in [0.4, 0.5) is 5.69 Å². The summed E-state index contributed by atoms with van der Waals surface area (Å²) in [5, 5.41) is 3.37. The first kappa shape index (κ1) is 15.2. The minimum atomic E-state index is 0.385. The average molecular weight is 285 g/mol. The Morgan fingerprint density at radius 1 is 0.952 bits per heavy atom. The lowest BCUT2D eigenvalue weighted by atomic mass is 10.2. The van der Waals surface area contributed by atoms with E-state index in [0.717, 1.165) is 22.7 Å². The van der Waals surface area contributed by atoms with E-state index in [1.54, 1.807) is 0 Å². The second-order valence-electron chi connectivity index (χ2n) is 5.17. The van der Waals surface area contributed by atoms with Gasteiger partial charge in [-0.05, 0) is 38.5 Å². The van der Waals surface area contributed by atoms with Crippen LogP contribution in [0, 0.1) is 0 Å². The highest BCUT2D eigenvalue weighted by Gasteiger charge is 2.07. The number of rotatable bonds is 7. The average Bonchev–Trinajstić information content (AvgIpc) is 2.47. The molecule has 0 aromatic heterocycles. The van der Waals surface area contributed by atoms with E-state index in [-0.39, 0.29) is 0 Å². The standard InChI is InChI=1S/C18H23NO2/c1-4-20-18-12-16(19-14(2)3)10-11-17(18)21-13-15-8-6-5-7-9-15/h5-12,14,19H,4,13H2,1-3H3. The second-order valence-corrected chi connectivity index (χ2v) is 5.17. The smallest absolute Gasteiger partial charge is 0.163 e. The summed E-state index contributed by atoms with van der Waals surface area (Å²) in [6.45, 7) is 7.36. The van der Waals surface area contributed by atoms with Gasteiger partial charge in [0.15, 0.2) is 11.5 Å². The lowest BCUT2D eigenvalue weighted by molar-refractivity contribution is 0.269. The highest BCUT2D eigenvalue weighted by atomic mass is 16.5. The third-order valence-electron chi connectivity index (χ3n) is 2.94. The molecule has 2 aromatic rings. The van der Waals surface area contributed by atoms with Gasteiger partial charge in [-0.3, -0.25) is 0 Å². The summed E-state index contributed by atoms with van der Waals surface area (Å²) in [7, 11) is 0. The summed E-state index contributed by atoms with van der Waals surface area (Å²) in [6.07, 6.45) is 0. The zero-order valence-electron chi connectivity index (χ0n) is 12.9. The molecular weight excluding hydrogens is 262 g/mol. The maximum absolute atomic E-state index is 5.88. The summed E-state index contributed by atoms with van der Waals surface area (Å²) in [4.78, 5) is 0. The minimum absolute atomic E-state index is 0.385. The number of hydrogen-bond acceptors (Lipinski definition) is 3. The van der Waals surface area contributed by atoms with Crippen LogP contribution in [0.3, 0.4) is 0 Å². The molecule has 0 saturated heterocycles. The van der Waals surface area contributed by atoms with Crippen molar-refractivity contribution < 1.29 is 9.47 Å². The highest BCUT2D eigenvalue weighted by molar-refractivity contribution is 5.55. The van der Waals surface area contributed by atoms with Crippen molar-refractivity contribution in [2.75, 3.05) is 11.9 Å². The van der Waals surface area contributed by atoms with Gasteiger partial charge in [0.1, 0.15) is 6.61 Å². The SMILES string of the molecule is CCOc1cc(NC(C)C)ccc1OCc1ccccc1. The number of anilines is 1. The molecule has 0 unspecified atom stereocenters. The molecule has 0 amide bonds. The summed E-state index contributed by atoms with van der Waals surface area (Å²) in [5.41, 5.74) is 2.19. The predicted octanol–water partition coefficient (Wildman–Crippen LogP) is 4.48. The first-order valence-corrected chi connectivity index (χ1v) is 7.39. The fraction of sp³-hybridized carbons (Fsp3) is 0.333. The molecule has 2 aromatic carbocycles. The summed E-state index contributed by atoms with van der Waals surface area (Å²) >= 11 is 0. The van der Waals surface area contributed by atoms with Crippen LogP contribution in [0.5, 0.6) is 11.5 Å². The van der Waals surface area contributed by atoms with E-state index >= 15 is 0 Å². The quantitative estimate of drug-likeness (QED) is 0.813. The zero-order valence-corrected chi connectivity index (χ0v) is 12.9. The van der Waals surface area contributed by atoms with Gasteiger partial charge < -0.3 is 14.8 Å². The molecule has 21 heavy (non-hydrogen) atoms. The Balaban J connectivity index is 2.10. The van der Waals surface area contributed by atoms with E-state index in [0.29, 0.717) is 19.3 Å². The summed E-state index contributed by atoms with van der Waals surface area (Å²) in [5.74, 6) is 1.55. The molecule has 0 spiro atoms. The largest absolute Gasteiger partial charge is 0.490 e. The van der Waals surface area contributed by atoms with Crippen molar-refractivity contribution in [1.82, 2.24) is 0 Å². The van der Waals surface area contributed by atoms with E-state index in [9.17, 15) is 0 Å². The number of nitrogens with one attached hydrogen (secondary N) is 1. The molecule has 0 aliphatic carbocycles. The molecule has 0 aliphatic rings. The van der Waals surface area contributed by atoms with Crippen LogP contribution in [0.1, 0.15) is 26.3 Å². The van der Waals surface area contributed by atoms with Crippen molar-refractivity contribution in [1.29, 1.82) is 0 Å². The van der Waals surface area contributed by atoms with Crippen LogP contribution < -0.4 is 14.8 Å². The first-order valence-electron chi connectivity index (χ1n) is 7.39. The molecule has 0 heterocycles. The Labute approximate surface area is 126 Å². The first-order chi connectivity index (χ1) is 10.2. The highest BCUT2D eigenvalue weighted by Crippen LogP contribution is 2.31. The van der Waals surface area contributed by atoms with E-state index in [4.69, 9.17) is 9.47 Å². The Hall–Kier alpha value is -2.16. The normalized spacial score (nSPS) is 10.5. The maximum atomic E-state index is 5.88. The van der Waals surface area contributed by atoms with Crippen molar-refractivity contribution >= 4 is 5.69 Å². The van der Waals surface area contributed by atoms with Crippen LogP contribution in [-0.4, -0.2) is 12.6 Å². The van der Waals surface area contributed by atoms with Gasteiger partial charge in [-0.2, -0.15) is 0 Å². The van der Waals surface area contributed by atoms with Crippen molar-refractivity contribution in [2.45, 2.75) is 33.4 Å². The molecular formula is C18H23NO2. The second kappa shape index (κ2) is 7.58. The maximum Gasteiger partial charge on any atom is 0.163 e. The van der Waals surface area contributed by atoms with Gasteiger partial charge in [-0.1, -0.05) is 30.3 Å². The Bertz CT molecular complexity index is 552. The minimum Gasteiger partial charge on any atom is -0.490 e. The molecule has 0 radical (unpaired) electrons. The molecule has 0 aliphatic heterocycles. The fourth-order valence-electron chi connectivity index (χ4n) is 2.05. The molecule has 0 bridgehead atoms. The van der Waals surface area contributed by atoms with Crippen molar-refractivity contribution in [2.24, 2.45) is 0 Å². The zero-order chi connectivity index (χ0) is 15.1. The topological polar surface area (TPSA) is 30.5 Å². The van der Waals surface area contributed by atoms with E-state index in [1.165, 1.54) is 0 Å². The third-order valence-corrected chi connectivity index (χ3v) is 2.94. The van der Waals surface area contributed by atoms with Crippen molar-refractivity contribution in [3.8, 4) is 11.5 Å². The molecule has 112 valence electrons. The lowest BCUT2D eigenvalue weighted by Gasteiger charge is -2.15. The van der Waals surface area contributed by atoms with Gasteiger partial charge in [-0.15, -0.1) is 0 Å². The molecule has 0 saturated carbocycles. The van der Waals surface area contributed by atoms with E-state index in [2.05, 4.69) is 31.3 Å². The van der Waals surface area contributed by atoms with Gasteiger partial charge in [-0.25, -0.2) is 0 Å². The van der Waals surface area contributed by atoms with Crippen LogP contribution in [-0.2, 0) is 6.61 Å². The van der Waals surface area contributed by atoms with Crippen LogP contribution in [0.2, 0.25) is 0 Å². The molecule has 3 nitrogen and oxygen atoms in total. The summed E-state index contributed by atoms with van der Waals surface area (Å²) < 4.78 is 11.6. The third kappa shape index (κ3) is 4.71. The molecule has 0 atom stereocenters. The predicted molar refractivity (Wildman–Crippen MR) is 87.1 cm³/mol. The van der Waals surface area contributed by atoms with E-state index < -0.39 is 0 Å². The van der Waals surface area contributed by atoms with Gasteiger partial charge in [0.2, 0.25) is 0 Å². The Morgan fingerprint density at radius 3 is 2.38 bits per heavy atom. The van der Waals surface area contributed by atoms with Crippen molar-refractivity contribution in [3.05, 3.63) is 54.1 Å². The van der Waals surface area contributed by atoms with Crippen molar-refractivity contribution in [3.63, 3.8) is 0 Å².